The van der Waals surface area contributed by atoms with Gasteiger partial charge in [0.05, 0.1) is 11.2 Å². The Balaban J connectivity index is 2.66. The van der Waals surface area contributed by atoms with E-state index in [0.29, 0.717) is 0 Å². The Labute approximate surface area is 68.5 Å². The van der Waals surface area contributed by atoms with Gasteiger partial charge in [0, 0.05) is 13.1 Å². The molecule has 0 atom stereocenters. The summed E-state index contributed by atoms with van der Waals surface area (Å²) in [4.78, 5) is 0. The summed E-state index contributed by atoms with van der Waals surface area (Å²) in [6.07, 6.45) is 0. The third kappa shape index (κ3) is 2.43. The molecule has 0 radical (unpaired) electrons. The molecule has 0 aromatic rings. The first-order chi connectivity index (χ1) is 4.81. The van der Waals surface area contributed by atoms with E-state index < -0.39 is 0 Å². The second kappa shape index (κ2) is 2.44. The highest BCUT2D eigenvalue weighted by molar-refractivity contribution is 4.86. The van der Waals surface area contributed by atoms with Crippen LogP contribution in [0.25, 0.3) is 0 Å². The lowest BCUT2D eigenvalue weighted by molar-refractivity contribution is -0.181. The maximum absolute atomic E-state index is 5.81. The van der Waals surface area contributed by atoms with Crippen LogP contribution in [0, 0.1) is 0 Å². The standard InChI is InChI=1S/C8H18N2O/c1-7(2)5-10(9)6-8(3,4)11-7/h5-6,9H2,1-4H3. The minimum atomic E-state index is -0.115. The van der Waals surface area contributed by atoms with Crippen LogP contribution < -0.4 is 5.84 Å². The lowest BCUT2D eigenvalue weighted by atomic mass is 10.0. The van der Waals surface area contributed by atoms with Crippen LogP contribution in [0.4, 0.5) is 0 Å². The summed E-state index contributed by atoms with van der Waals surface area (Å²) < 4.78 is 5.81. The van der Waals surface area contributed by atoms with Gasteiger partial charge in [-0.05, 0) is 27.7 Å². The van der Waals surface area contributed by atoms with Crippen molar-refractivity contribution in [2.24, 2.45) is 5.84 Å². The molecule has 1 fully saturated rings. The molecular weight excluding hydrogens is 140 g/mol. The van der Waals surface area contributed by atoms with E-state index in [9.17, 15) is 0 Å². The van der Waals surface area contributed by atoms with Crippen LogP contribution in [0.3, 0.4) is 0 Å². The largest absolute Gasteiger partial charge is 0.367 e. The highest BCUT2D eigenvalue weighted by Crippen LogP contribution is 2.25. The van der Waals surface area contributed by atoms with Gasteiger partial charge >= 0.3 is 0 Å². The Bertz CT molecular complexity index is 138. The maximum Gasteiger partial charge on any atom is 0.0774 e. The molecule has 0 unspecified atom stereocenters. The molecule has 1 heterocycles. The summed E-state index contributed by atoms with van der Waals surface area (Å²) in [5.41, 5.74) is -0.229. The number of hydrogen-bond donors (Lipinski definition) is 1. The van der Waals surface area contributed by atoms with Crippen molar-refractivity contribution in [3.63, 3.8) is 0 Å². The van der Waals surface area contributed by atoms with Crippen molar-refractivity contribution in [1.82, 2.24) is 5.01 Å². The van der Waals surface area contributed by atoms with Gasteiger partial charge in [-0.1, -0.05) is 0 Å². The molecule has 2 N–H and O–H groups in total. The Kier molecular flexibility index (Phi) is 1.99. The van der Waals surface area contributed by atoms with Crippen molar-refractivity contribution in [1.29, 1.82) is 0 Å². The number of ether oxygens (including phenoxy) is 1. The third-order valence-corrected chi connectivity index (χ3v) is 1.72. The molecule has 1 aliphatic heterocycles. The van der Waals surface area contributed by atoms with Crippen LogP contribution in [0.15, 0.2) is 0 Å². The zero-order valence-electron chi connectivity index (χ0n) is 7.85. The van der Waals surface area contributed by atoms with Crippen LogP contribution >= 0.6 is 0 Å². The van der Waals surface area contributed by atoms with E-state index in [1.165, 1.54) is 0 Å². The minimum Gasteiger partial charge on any atom is -0.367 e. The molecule has 11 heavy (non-hydrogen) atoms. The summed E-state index contributed by atoms with van der Waals surface area (Å²) in [6, 6.07) is 0. The van der Waals surface area contributed by atoms with Crippen molar-refractivity contribution >= 4 is 0 Å². The summed E-state index contributed by atoms with van der Waals surface area (Å²) in [6.45, 7) is 9.86. The second-order valence-corrected chi connectivity index (χ2v) is 4.53. The molecule has 1 saturated heterocycles. The van der Waals surface area contributed by atoms with E-state index in [-0.39, 0.29) is 11.2 Å². The van der Waals surface area contributed by atoms with E-state index >= 15 is 0 Å². The van der Waals surface area contributed by atoms with E-state index in [0.717, 1.165) is 13.1 Å². The predicted molar refractivity (Wildman–Crippen MR) is 45.0 cm³/mol. The monoisotopic (exact) mass is 158 g/mol. The molecule has 0 spiro atoms. The fourth-order valence-electron chi connectivity index (χ4n) is 1.85. The Hall–Kier alpha value is -0.120. The quantitative estimate of drug-likeness (QED) is 0.529. The summed E-state index contributed by atoms with van der Waals surface area (Å²) in [7, 11) is 0. The highest BCUT2D eigenvalue weighted by Gasteiger charge is 2.36. The summed E-state index contributed by atoms with van der Waals surface area (Å²) in [5.74, 6) is 5.74. The topological polar surface area (TPSA) is 38.5 Å². The number of nitrogens with two attached hydrogens (primary N) is 1. The fourth-order valence-corrected chi connectivity index (χ4v) is 1.85. The Morgan fingerprint density at radius 2 is 1.45 bits per heavy atom. The van der Waals surface area contributed by atoms with Gasteiger partial charge in [-0.15, -0.1) is 0 Å². The van der Waals surface area contributed by atoms with E-state index in [2.05, 4.69) is 27.7 Å². The van der Waals surface area contributed by atoms with Crippen molar-refractivity contribution < 1.29 is 4.74 Å². The number of hydrogen-bond acceptors (Lipinski definition) is 3. The minimum absolute atomic E-state index is 0.115. The van der Waals surface area contributed by atoms with Gasteiger partial charge in [0.15, 0.2) is 0 Å². The third-order valence-electron chi connectivity index (χ3n) is 1.72. The molecule has 1 rings (SSSR count). The second-order valence-electron chi connectivity index (χ2n) is 4.53. The zero-order valence-corrected chi connectivity index (χ0v) is 7.85. The van der Waals surface area contributed by atoms with Crippen molar-refractivity contribution in [2.75, 3.05) is 13.1 Å². The highest BCUT2D eigenvalue weighted by atomic mass is 16.5. The molecule has 0 aromatic heterocycles. The molecule has 3 heteroatoms. The van der Waals surface area contributed by atoms with E-state index in [1.54, 1.807) is 0 Å². The van der Waals surface area contributed by atoms with Crippen LogP contribution in [0.5, 0.6) is 0 Å². The molecule has 66 valence electrons. The van der Waals surface area contributed by atoms with Crippen molar-refractivity contribution in [3.8, 4) is 0 Å². The number of nitrogens with zero attached hydrogens (tertiary/aromatic N) is 1. The number of morpholine rings is 1. The van der Waals surface area contributed by atoms with Crippen LogP contribution in [0.1, 0.15) is 27.7 Å². The Morgan fingerprint density at radius 1 is 1.09 bits per heavy atom. The maximum atomic E-state index is 5.81. The van der Waals surface area contributed by atoms with Crippen LogP contribution in [0.2, 0.25) is 0 Å². The summed E-state index contributed by atoms with van der Waals surface area (Å²) in [5, 5.41) is 1.82. The summed E-state index contributed by atoms with van der Waals surface area (Å²) >= 11 is 0. The van der Waals surface area contributed by atoms with Gasteiger partial charge < -0.3 is 4.74 Å². The van der Waals surface area contributed by atoms with Crippen LogP contribution in [-0.4, -0.2) is 29.3 Å². The average Bonchev–Trinajstić information content (AvgIpc) is 1.49. The lowest BCUT2D eigenvalue weighted by Crippen LogP contribution is -2.59. The number of hydrazine groups is 1. The van der Waals surface area contributed by atoms with Gasteiger partial charge in [0.2, 0.25) is 0 Å². The van der Waals surface area contributed by atoms with Gasteiger partial charge in [-0.2, -0.15) is 0 Å². The average molecular weight is 158 g/mol. The lowest BCUT2D eigenvalue weighted by Gasteiger charge is -2.45. The molecule has 3 nitrogen and oxygen atoms in total. The van der Waals surface area contributed by atoms with E-state index in [1.807, 2.05) is 5.01 Å². The van der Waals surface area contributed by atoms with Gasteiger partial charge in [0.1, 0.15) is 0 Å². The molecule has 0 amide bonds. The zero-order chi connectivity index (χ0) is 8.70. The Morgan fingerprint density at radius 3 is 1.73 bits per heavy atom. The molecule has 1 aliphatic rings. The van der Waals surface area contributed by atoms with Gasteiger partial charge in [-0.25, -0.2) is 5.01 Å². The van der Waals surface area contributed by atoms with Gasteiger partial charge in [-0.3, -0.25) is 5.84 Å². The smallest absolute Gasteiger partial charge is 0.0774 e. The fraction of sp³-hybridized carbons (Fsp3) is 1.00. The molecule has 0 aromatic carbocycles. The first kappa shape index (κ1) is 8.97. The number of rotatable bonds is 0. The SMILES string of the molecule is CC1(C)CN(N)CC(C)(C)O1. The normalized spacial score (nSPS) is 30.3. The molecular formula is C8H18N2O. The first-order valence-corrected chi connectivity index (χ1v) is 4.01. The van der Waals surface area contributed by atoms with Crippen molar-refractivity contribution in [3.05, 3.63) is 0 Å². The van der Waals surface area contributed by atoms with E-state index in [4.69, 9.17) is 10.6 Å². The predicted octanol–water partition coefficient (Wildman–Crippen LogP) is 0.749. The molecule has 0 aliphatic carbocycles. The molecule has 0 bridgehead atoms. The first-order valence-electron chi connectivity index (χ1n) is 4.01. The molecule has 0 saturated carbocycles. The van der Waals surface area contributed by atoms with Crippen LogP contribution in [-0.2, 0) is 4.74 Å². The van der Waals surface area contributed by atoms with Crippen molar-refractivity contribution in [2.45, 2.75) is 38.9 Å². The van der Waals surface area contributed by atoms with Gasteiger partial charge in [0.25, 0.3) is 0 Å².